The number of carbonyl (C=O) groups is 1. The van der Waals surface area contributed by atoms with E-state index in [-0.39, 0.29) is 5.91 Å². The standard InChI is InChI=1S/C20H28N4O/c25-20(9-8-18-10-11-21-15-18)23-16-19-22-12-14-24(19)13-4-7-17-5-2-1-3-6-17/h1-3,5-6,12,14,18,21H,4,7-11,13,15-16H2,(H,23,25). The van der Waals surface area contributed by atoms with Crippen LogP contribution in [0.15, 0.2) is 42.7 Å². The van der Waals surface area contributed by atoms with Crippen LogP contribution in [0, 0.1) is 5.92 Å². The van der Waals surface area contributed by atoms with Gasteiger partial charge in [0.1, 0.15) is 5.82 Å². The van der Waals surface area contributed by atoms with Gasteiger partial charge in [-0.3, -0.25) is 4.79 Å². The van der Waals surface area contributed by atoms with Gasteiger partial charge in [-0.1, -0.05) is 30.3 Å². The van der Waals surface area contributed by atoms with Crippen LogP contribution >= 0.6 is 0 Å². The minimum Gasteiger partial charge on any atom is -0.349 e. The van der Waals surface area contributed by atoms with Gasteiger partial charge in [-0.05, 0) is 50.3 Å². The molecule has 2 N–H and O–H groups in total. The molecule has 1 aliphatic heterocycles. The van der Waals surface area contributed by atoms with E-state index in [0.717, 1.165) is 44.7 Å². The molecule has 2 heterocycles. The lowest BCUT2D eigenvalue weighted by Gasteiger charge is -2.10. The molecule has 0 bridgehead atoms. The molecule has 25 heavy (non-hydrogen) atoms. The van der Waals surface area contributed by atoms with Crippen LogP contribution in [-0.4, -0.2) is 28.5 Å². The van der Waals surface area contributed by atoms with E-state index in [0.29, 0.717) is 18.9 Å². The number of aromatic nitrogens is 2. The quantitative estimate of drug-likeness (QED) is 0.737. The molecule has 1 aliphatic rings. The molecule has 0 radical (unpaired) electrons. The second kappa shape index (κ2) is 9.37. The molecule has 5 heteroatoms. The average Bonchev–Trinajstić information content (AvgIpc) is 3.31. The Labute approximate surface area is 149 Å². The van der Waals surface area contributed by atoms with Gasteiger partial charge in [0, 0.05) is 25.4 Å². The van der Waals surface area contributed by atoms with Gasteiger partial charge in [-0.15, -0.1) is 0 Å². The van der Waals surface area contributed by atoms with Crippen molar-refractivity contribution in [1.29, 1.82) is 0 Å². The third kappa shape index (κ3) is 5.71. The Balaban J connectivity index is 1.38. The van der Waals surface area contributed by atoms with Gasteiger partial charge >= 0.3 is 0 Å². The van der Waals surface area contributed by atoms with Crippen LogP contribution in [0.5, 0.6) is 0 Å². The molecule has 3 rings (SSSR count). The van der Waals surface area contributed by atoms with Crippen molar-refractivity contribution in [3.8, 4) is 0 Å². The molecular weight excluding hydrogens is 312 g/mol. The molecule has 1 atom stereocenters. The van der Waals surface area contributed by atoms with Gasteiger partial charge in [-0.25, -0.2) is 4.98 Å². The molecule has 5 nitrogen and oxygen atoms in total. The average molecular weight is 340 g/mol. The maximum absolute atomic E-state index is 12.0. The highest BCUT2D eigenvalue weighted by molar-refractivity contribution is 5.75. The van der Waals surface area contributed by atoms with Crippen LogP contribution in [0.1, 0.15) is 37.1 Å². The lowest BCUT2D eigenvalue weighted by molar-refractivity contribution is -0.121. The largest absolute Gasteiger partial charge is 0.349 e. The van der Waals surface area contributed by atoms with Gasteiger partial charge < -0.3 is 15.2 Å². The van der Waals surface area contributed by atoms with E-state index in [2.05, 4.69) is 44.5 Å². The number of rotatable bonds is 9. The number of benzene rings is 1. The first-order valence-corrected chi connectivity index (χ1v) is 9.32. The zero-order chi connectivity index (χ0) is 17.3. The van der Waals surface area contributed by atoms with Gasteiger partial charge in [0.2, 0.25) is 5.91 Å². The third-order valence-electron chi connectivity index (χ3n) is 4.89. The van der Waals surface area contributed by atoms with Crippen molar-refractivity contribution >= 4 is 5.91 Å². The Hall–Kier alpha value is -2.14. The van der Waals surface area contributed by atoms with Crippen molar-refractivity contribution in [3.05, 3.63) is 54.1 Å². The summed E-state index contributed by atoms with van der Waals surface area (Å²) in [7, 11) is 0. The van der Waals surface area contributed by atoms with E-state index in [9.17, 15) is 4.79 Å². The minimum absolute atomic E-state index is 0.130. The first kappa shape index (κ1) is 17.7. The normalized spacial score (nSPS) is 16.9. The molecular formula is C20H28N4O. The van der Waals surface area contributed by atoms with Gasteiger partial charge in [-0.2, -0.15) is 0 Å². The van der Waals surface area contributed by atoms with Crippen LogP contribution in [0.4, 0.5) is 0 Å². The number of imidazole rings is 1. The van der Waals surface area contributed by atoms with Crippen LogP contribution < -0.4 is 10.6 Å². The molecule has 1 saturated heterocycles. The molecule has 1 amide bonds. The topological polar surface area (TPSA) is 59.0 Å². The van der Waals surface area contributed by atoms with Gasteiger partial charge in [0.15, 0.2) is 0 Å². The van der Waals surface area contributed by atoms with Crippen molar-refractivity contribution in [1.82, 2.24) is 20.2 Å². The van der Waals surface area contributed by atoms with E-state index in [1.54, 1.807) is 0 Å². The molecule has 1 aromatic heterocycles. The fourth-order valence-corrected chi connectivity index (χ4v) is 3.37. The lowest BCUT2D eigenvalue weighted by atomic mass is 10.0. The molecule has 0 aliphatic carbocycles. The molecule has 1 fully saturated rings. The van der Waals surface area contributed by atoms with E-state index < -0.39 is 0 Å². The van der Waals surface area contributed by atoms with Crippen molar-refractivity contribution in [2.24, 2.45) is 5.92 Å². The summed E-state index contributed by atoms with van der Waals surface area (Å²) < 4.78 is 2.14. The third-order valence-corrected chi connectivity index (χ3v) is 4.89. The lowest BCUT2D eigenvalue weighted by Crippen LogP contribution is -2.25. The second-order valence-corrected chi connectivity index (χ2v) is 6.80. The minimum atomic E-state index is 0.130. The number of nitrogens with one attached hydrogen (secondary N) is 2. The van der Waals surface area contributed by atoms with Crippen molar-refractivity contribution in [2.75, 3.05) is 13.1 Å². The Kier molecular flexibility index (Phi) is 6.63. The monoisotopic (exact) mass is 340 g/mol. The number of aryl methyl sites for hydroxylation is 2. The number of hydrogen-bond acceptors (Lipinski definition) is 3. The maximum atomic E-state index is 12.0. The molecule has 1 unspecified atom stereocenters. The highest BCUT2D eigenvalue weighted by atomic mass is 16.1. The Morgan fingerprint density at radius 3 is 3.00 bits per heavy atom. The van der Waals surface area contributed by atoms with Crippen LogP contribution in [-0.2, 0) is 24.3 Å². The Bertz CT molecular complexity index is 647. The zero-order valence-corrected chi connectivity index (χ0v) is 14.8. The first-order valence-electron chi connectivity index (χ1n) is 9.32. The summed E-state index contributed by atoms with van der Waals surface area (Å²) in [6.07, 6.45) is 8.71. The predicted octanol–water partition coefficient (Wildman–Crippen LogP) is 2.52. The zero-order valence-electron chi connectivity index (χ0n) is 14.8. The van der Waals surface area contributed by atoms with Crippen molar-refractivity contribution in [3.63, 3.8) is 0 Å². The maximum Gasteiger partial charge on any atom is 0.220 e. The number of nitrogens with zero attached hydrogens (tertiary/aromatic N) is 2. The van der Waals surface area contributed by atoms with Gasteiger partial charge in [0.25, 0.3) is 0 Å². The van der Waals surface area contributed by atoms with Crippen LogP contribution in [0.2, 0.25) is 0 Å². The Morgan fingerprint density at radius 2 is 2.20 bits per heavy atom. The number of carbonyl (C=O) groups excluding carboxylic acids is 1. The Morgan fingerprint density at radius 1 is 1.32 bits per heavy atom. The molecule has 0 spiro atoms. The predicted molar refractivity (Wildman–Crippen MR) is 99.0 cm³/mol. The van der Waals surface area contributed by atoms with Gasteiger partial charge in [0.05, 0.1) is 6.54 Å². The summed E-state index contributed by atoms with van der Waals surface area (Å²) in [6.45, 7) is 3.58. The summed E-state index contributed by atoms with van der Waals surface area (Å²) in [5, 5.41) is 6.36. The van der Waals surface area contributed by atoms with Crippen molar-refractivity contribution in [2.45, 2.75) is 45.2 Å². The van der Waals surface area contributed by atoms with Crippen LogP contribution in [0.3, 0.4) is 0 Å². The van der Waals surface area contributed by atoms with E-state index in [1.807, 2.05) is 18.5 Å². The van der Waals surface area contributed by atoms with E-state index in [4.69, 9.17) is 0 Å². The highest BCUT2D eigenvalue weighted by Crippen LogP contribution is 2.14. The summed E-state index contributed by atoms with van der Waals surface area (Å²) >= 11 is 0. The number of amides is 1. The van der Waals surface area contributed by atoms with Crippen molar-refractivity contribution < 1.29 is 4.79 Å². The second-order valence-electron chi connectivity index (χ2n) is 6.80. The summed E-state index contributed by atoms with van der Waals surface area (Å²) in [5.41, 5.74) is 1.36. The van der Waals surface area contributed by atoms with E-state index >= 15 is 0 Å². The molecule has 1 aromatic carbocycles. The summed E-state index contributed by atoms with van der Waals surface area (Å²) in [6, 6.07) is 10.5. The fourth-order valence-electron chi connectivity index (χ4n) is 3.37. The molecule has 2 aromatic rings. The molecule has 134 valence electrons. The molecule has 0 saturated carbocycles. The SMILES string of the molecule is O=C(CCC1CCNC1)NCc1nccn1CCCc1ccccc1. The highest BCUT2D eigenvalue weighted by Gasteiger charge is 2.15. The summed E-state index contributed by atoms with van der Waals surface area (Å²) in [4.78, 5) is 16.4. The van der Waals surface area contributed by atoms with Crippen LogP contribution in [0.25, 0.3) is 0 Å². The fraction of sp³-hybridized carbons (Fsp3) is 0.500. The summed E-state index contributed by atoms with van der Waals surface area (Å²) in [5.74, 6) is 1.72. The smallest absolute Gasteiger partial charge is 0.220 e. The first-order chi connectivity index (χ1) is 12.3. The number of hydrogen-bond donors (Lipinski definition) is 2. The van der Waals surface area contributed by atoms with E-state index in [1.165, 1.54) is 12.0 Å².